The Hall–Kier alpha value is -2.95. The Kier molecular flexibility index (Phi) is 3.47. The van der Waals surface area contributed by atoms with Crippen molar-refractivity contribution >= 4 is 22.6 Å². The van der Waals surface area contributed by atoms with E-state index in [1.165, 1.54) is 0 Å². The highest BCUT2D eigenvalue weighted by molar-refractivity contribution is 6.04. The molecule has 1 amide bonds. The van der Waals surface area contributed by atoms with E-state index in [1.807, 2.05) is 30.3 Å². The number of nitrogens with zero attached hydrogens (tertiary/aromatic N) is 2. The highest BCUT2D eigenvalue weighted by atomic mass is 16.1. The highest BCUT2D eigenvalue weighted by Gasteiger charge is 2.10. The summed E-state index contributed by atoms with van der Waals surface area (Å²) in [6.45, 7) is 0.417. The Morgan fingerprint density at radius 2 is 1.90 bits per heavy atom. The number of nitrogens with two attached hydrogens (primary N) is 1. The molecular formula is C16H14N4O. The number of nitrogen functional groups attached to an aromatic ring is 1. The Balaban J connectivity index is 1.81. The monoisotopic (exact) mass is 278 g/mol. The van der Waals surface area contributed by atoms with E-state index in [1.54, 1.807) is 24.5 Å². The predicted octanol–water partition coefficient (Wildman–Crippen LogP) is 2.14. The van der Waals surface area contributed by atoms with Gasteiger partial charge in [-0.1, -0.05) is 18.2 Å². The second-order valence-electron chi connectivity index (χ2n) is 4.66. The van der Waals surface area contributed by atoms with Crippen molar-refractivity contribution in [3.8, 4) is 0 Å². The number of carbonyl (C=O) groups excluding carboxylic acids is 1. The molecule has 0 unspecified atom stereocenters. The lowest BCUT2D eigenvalue weighted by Gasteiger charge is -2.07. The molecule has 0 aliphatic heterocycles. The van der Waals surface area contributed by atoms with Crippen molar-refractivity contribution in [2.75, 3.05) is 5.73 Å². The lowest BCUT2D eigenvalue weighted by Crippen LogP contribution is -2.23. The molecule has 5 heteroatoms. The summed E-state index contributed by atoms with van der Waals surface area (Å²) in [7, 11) is 0. The molecule has 21 heavy (non-hydrogen) atoms. The standard InChI is InChI=1S/C16H14N4O/c17-12-4-1-3-11(9-12)10-20-16(21)13-5-2-6-14-15(13)19-8-7-18-14/h1-9H,10,17H2,(H,20,21). The first-order chi connectivity index (χ1) is 10.2. The number of nitrogens with one attached hydrogen (secondary N) is 1. The summed E-state index contributed by atoms with van der Waals surface area (Å²) < 4.78 is 0. The fourth-order valence-electron chi connectivity index (χ4n) is 2.16. The second kappa shape index (κ2) is 5.58. The number of aromatic nitrogens is 2. The lowest BCUT2D eigenvalue weighted by atomic mass is 10.1. The summed E-state index contributed by atoms with van der Waals surface area (Å²) >= 11 is 0. The number of hydrogen-bond acceptors (Lipinski definition) is 4. The maximum Gasteiger partial charge on any atom is 0.253 e. The molecule has 3 N–H and O–H groups in total. The minimum atomic E-state index is -0.177. The van der Waals surface area contributed by atoms with Gasteiger partial charge >= 0.3 is 0 Å². The molecule has 0 bridgehead atoms. The normalized spacial score (nSPS) is 10.5. The number of fused-ring (bicyclic) bond motifs is 1. The van der Waals surface area contributed by atoms with Gasteiger partial charge in [0, 0.05) is 24.6 Å². The van der Waals surface area contributed by atoms with Gasteiger partial charge in [-0.2, -0.15) is 0 Å². The van der Waals surface area contributed by atoms with Crippen LogP contribution in [-0.4, -0.2) is 15.9 Å². The minimum Gasteiger partial charge on any atom is -0.399 e. The number of carbonyl (C=O) groups is 1. The Labute approximate surface area is 121 Å². The van der Waals surface area contributed by atoms with Crippen LogP contribution in [0, 0.1) is 0 Å². The van der Waals surface area contributed by atoms with Crippen molar-refractivity contribution in [3.63, 3.8) is 0 Å². The number of hydrogen-bond donors (Lipinski definition) is 2. The van der Waals surface area contributed by atoms with Gasteiger partial charge in [0.2, 0.25) is 0 Å². The molecule has 0 saturated carbocycles. The summed E-state index contributed by atoms with van der Waals surface area (Å²) in [5.41, 5.74) is 9.17. The van der Waals surface area contributed by atoms with E-state index in [9.17, 15) is 4.79 Å². The van der Waals surface area contributed by atoms with Gasteiger partial charge in [-0.25, -0.2) is 0 Å². The molecule has 5 nitrogen and oxygen atoms in total. The molecule has 2 aromatic carbocycles. The van der Waals surface area contributed by atoms with Crippen molar-refractivity contribution in [2.24, 2.45) is 0 Å². The smallest absolute Gasteiger partial charge is 0.253 e. The van der Waals surface area contributed by atoms with Gasteiger partial charge in [-0.05, 0) is 29.8 Å². The molecule has 1 aromatic heterocycles. The van der Waals surface area contributed by atoms with Crippen LogP contribution < -0.4 is 11.1 Å². The fourth-order valence-corrected chi connectivity index (χ4v) is 2.16. The van der Waals surface area contributed by atoms with Crippen LogP contribution in [0.1, 0.15) is 15.9 Å². The Morgan fingerprint density at radius 1 is 1.10 bits per heavy atom. The molecule has 0 spiro atoms. The molecular weight excluding hydrogens is 264 g/mol. The van der Waals surface area contributed by atoms with Crippen LogP contribution in [0.15, 0.2) is 54.9 Å². The molecule has 0 radical (unpaired) electrons. The number of amides is 1. The van der Waals surface area contributed by atoms with E-state index in [2.05, 4.69) is 15.3 Å². The molecule has 104 valence electrons. The van der Waals surface area contributed by atoms with Crippen molar-refractivity contribution in [1.29, 1.82) is 0 Å². The van der Waals surface area contributed by atoms with Gasteiger partial charge in [-0.15, -0.1) is 0 Å². The van der Waals surface area contributed by atoms with Crippen molar-refractivity contribution in [2.45, 2.75) is 6.54 Å². The average Bonchev–Trinajstić information content (AvgIpc) is 2.52. The Morgan fingerprint density at radius 3 is 2.76 bits per heavy atom. The zero-order chi connectivity index (χ0) is 14.7. The summed E-state index contributed by atoms with van der Waals surface area (Å²) in [6, 6.07) is 12.8. The fraction of sp³-hybridized carbons (Fsp3) is 0.0625. The number of anilines is 1. The molecule has 0 aliphatic rings. The van der Waals surface area contributed by atoms with E-state index in [-0.39, 0.29) is 5.91 Å². The summed E-state index contributed by atoms with van der Waals surface area (Å²) in [5, 5.41) is 2.87. The van der Waals surface area contributed by atoms with Crippen LogP contribution in [-0.2, 0) is 6.54 Å². The second-order valence-corrected chi connectivity index (χ2v) is 4.66. The van der Waals surface area contributed by atoms with E-state index in [4.69, 9.17) is 5.73 Å². The van der Waals surface area contributed by atoms with Crippen LogP contribution >= 0.6 is 0 Å². The first-order valence-electron chi connectivity index (χ1n) is 6.56. The molecule has 3 rings (SSSR count). The molecule has 0 atom stereocenters. The van der Waals surface area contributed by atoms with Gasteiger partial charge in [-0.3, -0.25) is 14.8 Å². The molecule has 1 heterocycles. The largest absolute Gasteiger partial charge is 0.399 e. The molecule has 0 aliphatic carbocycles. The van der Waals surface area contributed by atoms with E-state index in [0.717, 1.165) is 5.56 Å². The predicted molar refractivity (Wildman–Crippen MR) is 81.6 cm³/mol. The molecule has 0 saturated heterocycles. The zero-order valence-electron chi connectivity index (χ0n) is 11.3. The summed E-state index contributed by atoms with van der Waals surface area (Å²) in [4.78, 5) is 20.7. The van der Waals surface area contributed by atoms with Gasteiger partial charge in [0.15, 0.2) is 0 Å². The van der Waals surface area contributed by atoms with Gasteiger partial charge in [0.1, 0.15) is 5.52 Å². The van der Waals surface area contributed by atoms with Crippen LogP contribution in [0.2, 0.25) is 0 Å². The minimum absolute atomic E-state index is 0.177. The lowest BCUT2D eigenvalue weighted by molar-refractivity contribution is 0.0952. The van der Waals surface area contributed by atoms with Gasteiger partial charge in [0.25, 0.3) is 5.91 Å². The number of para-hydroxylation sites is 1. The molecule has 0 fully saturated rings. The maximum atomic E-state index is 12.3. The van der Waals surface area contributed by atoms with E-state index < -0.39 is 0 Å². The summed E-state index contributed by atoms with van der Waals surface area (Å²) in [5.74, 6) is -0.177. The van der Waals surface area contributed by atoms with Crippen molar-refractivity contribution in [3.05, 3.63) is 66.0 Å². The zero-order valence-corrected chi connectivity index (χ0v) is 11.3. The topological polar surface area (TPSA) is 80.9 Å². The Bertz CT molecular complexity index is 796. The van der Waals surface area contributed by atoms with Crippen molar-refractivity contribution in [1.82, 2.24) is 15.3 Å². The third kappa shape index (κ3) is 2.81. The number of rotatable bonds is 3. The third-order valence-corrected chi connectivity index (χ3v) is 3.15. The third-order valence-electron chi connectivity index (χ3n) is 3.15. The van der Waals surface area contributed by atoms with Crippen LogP contribution in [0.25, 0.3) is 11.0 Å². The van der Waals surface area contributed by atoms with Gasteiger partial charge in [0.05, 0.1) is 11.1 Å². The average molecular weight is 278 g/mol. The first-order valence-corrected chi connectivity index (χ1v) is 6.56. The first kappa shape index (κ1) is 13.1. The van der Waals surface area contributed by atoms with Gasteiger partial charge < -0.3 is 11.1 Å². The molecule has 3 aromatic rings. The van der Waals surface area contributed by atoms with Crippen molar-refractivity contribution < 1.29 is 4.79 Å². The highest BCUT2D eigenvalue weighted by Crippen LogP contribution is 2.14. The van der Waals surface area contributed by atoms with Crippen LogP contribution in [0.4, 0.5) is 5.69 Å². The maximum absolute atomic E-state index is 12.3. The number of benzene rings is 2. The van der Waals surface area contributed by atoms with Crippen LogP contribution in [0.3, 0.4) is 0 Å². The van der Waals surface area contributed by atoms with E-state index >= 15 is 0 Å². The quantitative estimate of drug-likeness (QED) is 0.719. The summed E-state index contributed by atoms with van der Waals surface area (Å²) in [6.07, 6.45) is 3.19. The SMILES string of the molecule is Nc1cccc(CNC(=O)c2cccc3nccnc23)c1. The van der Waals surface area contributed by atoms with E-state index in [0.29, 0.717) is 28.8 Å². The van der Waals surface area contributed by atoms with Crippen LogP contribution in [0.5, 0.6) is 0 Å².